The molecule has 106 valence electrons. The summed E-state index contributed by atoms with van der Waals surface area (Å²) in [6.45, 7) is 6.58. The molecule has 1 aromatic rings. The quantitative estimate of drug-likeness (QED) is 0.802. The zero-order valence-corrected chi connectivity index (χ0v) is 12.9. The number of carbonyl (C=O) groups excluding carboxylic acids is 1. The Bertz CT molecular complexity index is 588. The average molecular weight is 290 g/mol. The number of fused-ring (bicyclic) bond motifs is 2. The molecule has 20 heavy (non-hydrogen) atoms. The smallest absolute Gasteiger partial charge is 0.167 e. The molecule has 3 heteroatoms. The average Bonchev–Trinajstić information content (AvgIpc) is 2.71. The summed E-state index contributed by atoms with van der Waals surface area (Å²) in [5.74, 6) is 0.694. The fraction of sp³-hybridized carbons (Fsp3) is 0.471. The molecule has 0 heterocycles. The van der Waals surface area contributed by atoms with Crippen molar-refractivity contribution in [1.29, 1.82) is 0 Å². The third-order valence-corrected chi connectivity index (χ3v) is 5.86. The first-order valence-electron chi connectivity index (χ1n) is 7.13. The minimum Gasteiger partial charge on any atom is -0.361 e. The van der Waals surface area contributed by atoms with Gasteiger partial charge in [0.25, 0.3) is 0 Å². The van der Waals surface area contributed by atoms with Crippen LogP contribution >= 0.6 is 11.6 Å². The number of carbonyl (C=O) groups is 1. The second-order valence-electron chi connectivity index (χ2n) is 6.73. The van der Waals surface area contributed by atoms with Crippen molar-refractivity contribution < 1.29 is 4.79 Å². The van der Waals surface area contributed by atoms with E-state index in [2.05, 4.69) is 26.1 Å². The molecule has 0 radical (unpaired) electrons. The molecule has 2 nitrogen and oxygen atoms in total. The van der Waals surface area contributed by atoms with Gasteiger partial charge in [0.2, 0.25) is 0 Å². The molecule has 1 N–H and O–H groups in total. The summed E-state index contributed by atoms with van der Waals surface area (Å²) < 4.78 is 0. The van der Waals surface area contributed by atoms with Crippen molar-refractivity contribution in [2.45, 2.75) is 33.6 Å². The van der Waals surface area contributed by atoms with Crippen LogP contribution < -0.4 is 5.32 Å². The molecule has 2 saturated carbocycles. The Morgan fingerprint density at radius 2 is 1.90 bits per heavy atom. The van der Waals surface area contributed by atoms with E-state index in [4.69, 9.17) is 11.6 Å². The molecule has 2 atom stereocenters. The van der Waals surface area contributed by atoms with E-state index in [-0.39, 0.29) is 10.8 Å². The van der Waals surface area contributed by atoms with Crippen LogP contribution in [0.15, 0.2) is 36.0 Å². The van der Waals surface area contributed by atoms with E-state index in [1.807, 2.05) is 30.5 Å². The van der Waals surface area contributed by atoms with Gasteiger partial charge in [-0.25, -0.2) is 0 Å². The van der Waals surface area contributed by atoms with Crippen molar-refractivity contribution in [3.05, 3.63) is 41.1 Å². The highest BCUT2D eigenvalue weighted by molar-refractivity contribution is 6.30. The third-order valence-electron chi connectivity index (χ3n) is 5.60. The van der Waals surface area contributed by atoms with Crippen LogP contribution in [0.25, 0.3) is 0 Å². The number of nitrogens with one attached hydrogen (secondary N) is 1. The Labute approximate surface area is 125 Å². The molecule has 1 aromatic carbocycles. The third kappa shape index (κ3) is 1.74. The van der Waals surface area contributed by atoms with Gasteiger partial charge in [0.05, 0.1) is 0 Å². The standard InChI is InChI=1S/C17H20ClNO/c1-16(2)14-8-9-17(16,3)15(20)13(14)10-19-12-6-4-11(18)5-7-12/h4-7,10,14,19H,8-9H2,1-3H3/b13-10-/t14-,17-/m1/s1. The molecule has 2 aliphatic rings. The van der Waals surface area contributed by atoms with Crippen molar-refractivity contribution in [2.24, 2.45) is 16.7 Å². The maximum absolute atomic E-state index is 12.7. The number of hydrogen-bond donors (Lipinski definition) is 1. The summed E-state index contributed by atoms with van der Waals surface area (Å²) in [4.78, 5) is 12.7. The lowest BCUT2D eigenvalue weighted by molar-refractivity contribution is -0.125. The highest BCUT2D eigenvalue weighted by atomic mass is 35.5. The van der Waals surface area contributed by atoms with E-state index in [1.54, 1.807) is 0 Å². The first-order chi connectivity index (χ1) is 9.36. The van der Waals surface area contributed by atoms with Crippen LogP contribution in [0.2, 0.25) is 5.02 Å². The molecule has 0 saturated heterocycles. The van der Waals surface area contributed by atoms with Crippen LogP contribution in [0, 0.1) is 16.7 Å². The fourth-order valence-electron chi connectivity index (χ4n) is 3.80. The van der Waals surface area contributed by atoms with E-state index < -0.39 is 0 Å². The summed E-state index contributed by atoms with van der Waals surface area (Å²) in [5.41, 5.74) is 1.79. The second-order valence-corrected chi connectivity index (χ2v) is 7.16. The predicted molar refractivity (Wildman–Crippen MR) is 82.8 cm³/mol. The SMILES string of the molecule is CC1(C)[C@@H]2CC[C@]1(C)C(=O)/C2=C\Nc1ccc(Cl)cc1. The number of Topliss-reactive ketones (excluding diaryl/α,β-unsaturated/α-hetero) is 1. The van der Waals surface area contributed by atoms with Crippen molar-refractivity contribution >= 4 is 23.1 Å². The first kappa shape index (κ1) is 13.7. The van der Waals surface area contributed by atoms with Crippen LogP contribution in [-0.4, -0.2) is 5.78 Å². The molecule has 0 unspecified atom stereocenters. The summed E-state index contributed by atoms with van der Waals surface area (Å²) in [6, 6.07) is 7.53. The van der Waals surface area contributed by atoms with Gasteiger partial charge in [0.15, 0.2) is 5.78 Å². The van der Waals surface area contributed by atoms with E-state index in [1.165, 1.54) is 0 Å². The lowest BCUT2D eigenvalue weighted by Gasteiger charge is -2.31. The lowest BCUT2D eigenvalue weighted by atomic mass is 9.70. The van der Waals surface area contributed by atoms with Gasteiger partial charge in [-0.1, -0.05) is 32.4 Å². The van der Waals surface area contributed by atoms with Crippen LogP contribution in [0.4, 0.5) is 5.69 Å². The molecule has 2 aliphatic carbocycles. The molecule has 0 aliphatic heterocycles. The van der Waals surface area contributed by atoms with Gasteiger partial charge in [-0.05, 0) is 48.4 Å². The highest BCUT2D eigenvalue weighted by Crippen LogP contribution is 2.65. The van der Waals surface area contributed by atoms with E-state index >= 15 is 0 Å². The van der Waals surface area contributed by atoms with Gasteiger partial charge < -0.3 is 5.32 Å². The second kappa shape index (κ2) is 4.36. The highest BCUT2D eigenvalue weighted by Gasteiger charge is 2.63. The Balaban J connectivity index is 1.87. The Morgan fingerprint density at radius 3 is 2.45 bits per heavy atom. The zero-order chi connectivity index (χ0) is 14.5. The lowest BCUT2D eigenvalue weighted by Crippen LogP contribution is -2.32. The van der Waals surface area contributed by atoms with Gasteiger partial charge in [0, 0.05) is 27.9 Å². The molecule has 2 fully saturated rings. The molecule has 2 bridgehead atoms. The summed E-state index contributed by atoms with van der Waals surface area (Å²) in [5, 5.41) is 3.96. The molecular weight excluding hydrogens is 270 g/mol. The van der Waals surface area contributed by atoms with E-state index in [0.717, 1.165) is 24.1 Å². The van der Waals surface area contributed by atoms with Crippen LogP contribution in [0.5, 0.6) is 0 Å². The number of ketones is 1. The van der Waals surface area contributed by atoms with Crippen molar-refractivity contribution in [2.75, 3.05) is 5.32 Å². The van der Waals surface area contributed by atoms with Crippen LogP contribution in [-0.2, 0) is 4.79 Å². The normalized spacial score (nSPS) is 32.9. The van der Waals surface area contributed by atoms with Crippen LogP contribution in [0.3, 0.4) is 0 Å². The van der Waals surface area contributed by atoms with Crippen molar-refractivity contribution in [3.63, 3.8) is 0 Å². The number of hydrogen-bond acceptors (Lipinski definition) is 2. The number of anilines is 1. The zero-order valence-electron chi connectivity index (χ0n) is 12.2. The summed E-state index contributed by atoms with van der Waals surface area (Å²) in [7, 11) is 0. The molecule has 0 amide bonds. The van der Waals surface area contributed by atoms with Crippen molar-refractivity contribution in [3.8, 4) is 0 Å². The molecule has 3 rings (SSSR count). The maximum Gasteiger partial charge on any atom is 0.167 e. The number of benzene rings is 1. The Morgan fingerprint density at radius 1 is 1.25 bits per heavy atom. The van der Waals surface area contributed by atoms with Gasteiger partial charge >= 0.3 is 0 Å². The van der Waals surface area contributed by atoms with Gasteiger partial charge in [-0.2, -0.15) is 0 Å². The van der Waals surface area contributed by atoms with Crippen molar-refractivity contribution in [1.82, 2.24) is 0 Å². The predicted octanol–water partition coefficient (Wildman–Crippen LogP) is 4.66. The van der Waals surface area contributed by atoms with Gasteiger partial charge in [0.1, 0.15) is 0 Å². The number of halogens is 1. The molecule has 0 aromatic heterocycles. The molecule has 0 spiro atoms. The maximum atomic E-state index is 12.7. The van der Waals surface area contributed by atoms with Crippen LogP contribution in [0.1, 0.15) is 33.6 Å². The topological polar surface area (TPSA) is 29.1 Å². The minimum atomic E-state index is -0.189. The van der Waals surface area contributed by atoms with E-state index in [0.29, 0.717) is 16.7 Å². The van der Waals surface area contributed by atoms with Gasteiger partial charge in [-0.15, -0.1) is 0 Å². The summed E-state index contributed by atoms with van der Waals surface area (Å²) in [6.07, 6.45) is 4.04. The van der Waals surface area contributed by atoms with E-state index in [9.17, 15) is 4.79 Å². The summed E-state index contributed by atoms with van der Waals surface area (Å²) >= 11 is 5.87. The Kier molecular flexibility index (Phi) is 2.98. The monoisotopic (exact) mass is 289 g/mol. The largest absolute Gasteiger partial charge is 0.361 e. The Hall–Kier alpha value is -1.28. The first-order valence-corrected chi connectivity index (χ1v) is 7.51. The minimum absolute atomic E-state index is 0.0671. The fourth-order valence-corrected chi connectivity index (χ4v) is 3.93. The van der Waals surface area contributed by atoms with Gasteiger partial charge in [-0.3, -0.25) is 4.79 Å². The number of allylic oxidation sites excluding steroid dienone is 1. The molecular formula is C17H20ClNO. The number of rotatable bonds is 2.